The van der Waals surface area contributed by atoms with Crippen LogP contribution < -0.4 is 14.8 Å². The number of benzene rings is 2. The second-order valence-corrected chi connectivity index (χ2v) is 4.73. The first-order valence-electron chi connectivity index (χ1n) is 7.03. The van der Waals surface area contributed by atoms with Crippen LogP contribution in [0.5, 0.6) is 17.2 Å². The van der Waals surface area contributed by atoms with Gasteiger partial charge in [-0.3, -0.25) is 4.79 Å². The molecule has 5 heteroatoms. The highest BCUT2D eigenvalue weighted by atomic mass is 16.5. The van der Waals surface area contributed by atoms with E-state index in [4.69, 9.17) is 9.47 Å². The Balaban J connectivity index is 1.68. The first kappa shape index (κ1) is 15.7. The average Bonchev–Trinajstić information content (AvgIpc) is 2.52. The summed E-state index contributed by atoms with van der Waals surface area (Å²) < 4.78 is 10.6. The van der Waals surface area contributed by atoms with Gasteiger partial charge in [0.2, 0.25) is 5.91 Å². The molecule has 0 bridgehead atoms. The van der Waals surface area contributed by atoms with E-state index in [1.54, 1.807) is 25.3 Å². The molecule has 0 heterocycles. The molecule has 0 spiro atoms. The van der Waals surface area contributed by atoms with Crippen molar-refractivity contribution in [1.82, 2.24) is 0 Å². The van der Waals surface area contributed by atoms with Crippen molar-refractivity contribution < 1.29 is 19.4 Å². The van der Waals surface area contributed by atoms with E-state index >= 15 is 0 Å². The van der Waals surface area contributed by atoms with Crippen molar-refractivity contribution in [3.63, 3.8) is 0 Å². The highest BCUT2D eigenvalue weighted by Gasteiger charge is 2.03. The Morgan fingerprint density at radius 2 is 1.86 bits per heavy atom. The third kappa shape index (κ3) is 5.01. The SMILES string of the molecule is COc1ccc(OCCCC(=O)Nc2cccc(O)c2)cc1. The molecule has 116 valence electrons. The van der Waals surface area contributed by atoms with E-state index in [0.717, 1.165) is 11.5 Å². The summed E-state index contributed by atoms with van der Waals surface area (Å²) >= 11 is 0. The van der Waals surface area contributed by atoms with E-state index in [1.807, 2.05) is 24.3 Å². The molecule has 0 atom stereocenters. The number of hydrogen-bond acceptors (Lipinski definition) is 4. The van der Waals surface area contributed by atoms with Gasteiger partial charge in [-0.2, -0.15) is 0 Å². The minimum Gasteiger partial charge on any atom is -0.508 e. The first-order chi connectivity index (χ1) is 10.7. The van der Waals surface area contributed by atoms with Crippen molar-refractivity contribution in [2.45, 2.75) is 12.8 Å². The molecule has 0 aliphatic carbocycles. The quantitative estimate of drug-likeness (QED) is 0.771. The zero-order valence-corrected chi connectivity index (χ0v) is 12.4. The molecule has 22 heavy (non-hydrogen) atoms. The number of carbonyl (C=O) groups excluding carboxylic acids is 1. The summed E-state index contributed by atoms with van der Waals surface area (Å²) in [7, 11) is 1.61. The third-order valence-electron chi connectivity index (χ3n) is 3.01. The number of carbonyl (C=O) groups is 1. The smallest absolute Gasteiger partial charge is 0.224 e. The number of ether oxygens (including phenoxy) is 2. The van der Waals surface area contributed by atoms with E-state index in [2.05, 4.69) is 5.32 Å². The number of anilines is 1. The van der Waals surface area contributed by atoms with E-state index in [1.165, 1.54) is 6.07 Å². The Hall–Kier alpha value is -2.69. The Bertz CT molecular complexity index is 610. The summed E-state index contributed by atoms with van der Waals surface area (Å²) in [5, 5.41) is 12.0. The zero-order valence-electron chi connectivity index (χ0n) is 12.4. The van der Waals surface area contributed by atoms with E-state index in [0.29, 0.717) is 25.1 Å². The van der Waals surface area contributed by atoms with Crippen molar-refractivity contribution in [3.05, 3.63) is 48.5 Å². The molecular weight excluding hydrogens is 282 g/mol. The van der Waals surface area contributed by atoms with Gasteiger partial charge in [0.25, 0.3) is 0 Å². The van der Waals surface area contributed by atoms with Crippen molar-refractivity contribution in [3.8, 4) is 17.2 Å². The summed E-state index contributed by atoms with van der Waals surface area (Å²) in [6, 6.07) is 13.8. The Labute approximate surface area is 129 Å². The third-order valence-corrected chi connectivity index (χ3v) is 3.01. The molecule has 0 aliphatic heterocycles. The Kier molecular flexibility index (Phi) is 5.65. The lowest BCUT2D eigenvalue weighted by molar-refractivity contribution is -0.116. The van der Waals surface area contributed by atoms with Gasteiger partial charge in [-0.15, -0.1) is 0 Å². The van der Waals surface area contributed by atoms with Crippen LogP contribution in [-0.2, 0) is 4.79 Å². The van der Waals surface area contributed by atoms with Gasteiger partial charge in [0.05, 0.1) is 13.7 Å². The molecule has 0 aromatic heterocycles. The molecule has 0 saturated carbocycles. The van der Waals surface area contributed by atoms with Gasteiger partial charge in [-0.1, -0.05) is 6.07 Å². The van der Waals surface area contributed by atoms with Crippen LogP contribution >= 0.6 is 0 Å². The molecule has 0 saturated heterocycles. The average molecular weight is 301 g/mol. The molecular formula is C17H19NO4. The molecule has 0 fully saturated rings. The fourth-order valence-electron chi connectivity index (χ4n) is 1.90. The lowest BCUT2D eigenvalue weighted by Gasteiger charge is -2.08. The van der Waals surface area contributed by atoms with Gasteiger partial charge >= 0.3 is 0 Å². The topological polar surface area (TPSA) is 67.8 Å². The van der Waals surface area contributed by atoms with Crippen LogP contribution in [0.15, 0.2) is 48.5 Å². The highest BCUT2D eigenvalue weighted by Crippen LogP contribution is 2.18. The zero-order chi connectivity index (χ0) is 15.8. The van der Waals surface area contributed by atoms with Gasteiger partial charge in [-0.05, 0) is 42.8 Å². The molecule has 0 unspecified atom stereocenters. The molecule has 0 radical (unpaired) electrons. The van der Waals surface area contributed by atoms with Gasteiger partial charge in [0, 0.05) is 18.2 Å². The van der Waals surface area contributed by atoms with Crippen molar-refractivity contribution in [1.29, 1.82) is 0 Å². The standard InChI is InChI=1S/C17H19NO4/c1-21-15-7-9-16(10-8-15)22-11-3-6-17(20)18-13-4-2-5-14(19)12-13/h2,4-5,7-10,12,19H,3,6,11H2,1H3,(H,18,20). The van der Waals surface area contributed by atoms with E-state index in [-0.39, 0.29) is 11.7 Å². The molecule has 2 rings (SSSR count). The summed E-state index contributed by atoms with van der Waals surface area (Å²) in [6.07, 6.45) is 0.961. The number of nitrogens with one attached hydrogen (secondary N) is 1. The normalized spacial score (nSPS) is 10.0. The molecule has 5 nitrogen and oxygen atoms in total. The monoisotopic (exact) mass is 301 g/mol. The maximum atomic E-state index is 11.8. The van der Waals surface area contributed by atoms with Crippen LogP contribution in [0.3, 0.4) is 0 Å². The lowest BCUT2D eigenvalue weighted by atomic mass is 10.2. The van der Waals surface area contributed by atoms with Crippen molar-refractivity contribution >= 4 is 11.6 Å². The summed E-state index contributed by atoms with van der Waals surface area (Å²) in [5.41, 5.74) is 0.584. The number of amides is 1. The number of methoxy groups -OCH3 is 1. The predicted octanol–water partition coefficient (Wildman–Crippen LogP) is 3.20. The second-order valence-electron chi connectivity index (χ2n) is 4.73. The number of hydrogen-bond donors (Lipinski definition) is 2. The lowest BCUT2D eigenvalue weighted by Crippen LogP contribution is -2.12. The molecule has 0 aliphatic rings. The van der Waals surface area contributed by atoms with E-state index in [9.17, 15) is 9.90 Å². The van der Waals surface area contributed by atoms with Gasteiger partial charge in [-0.25, -0.2) is 0 Å². The highest BCUT2D eigenvalue weighted by molar-refractivity contribution is 5.90. The van der Waals surface area contributed by atoms with Crippen LogP contribution in [0.1, 0.15) is 12.8 Å². The summed E-state index contributed by atoms with van der Waals surface area (Å²) in [6.45, 7) is 0.458. The minimum atomic E-state index is -0.107. The van der Waals surface area contributed by atoms with Gasteiger partial charge in [0.15, 0.2) is 0 Å². The fraction of sp³-hybridized carbons (Fsp3) is 0.235. The minimum absolute atomic E-state index is 0.107. The Morgan fingerprint density at radius 1 is 1.14 bits per heavy atom. The first-order valence-corrected chi connectivity index (χ1v) is 7.03. The number of phenols is 1. The summed E-state index contributed by atoms with van der Waals surface area (Å²) in [5.74, 6) is 1.54. The van der Waals surface area contributed by atoms with Crippen molar-refractivity contribution in [2.24, 2.45) is 0 Å². The van der Waals surface area contributed by atoms with Crippen molar-refractivity contribution in [2.75, 3.05) is 19.0 Å². The largest absolute Gasteiger partial charge is 0.508 e. The molecule has 2 aromatic carbocycles. The van der Waals surface area contributed by atoms with Crippen LogP contribution in [0, 0.1) is 0 Å². The maximum Gasteiger partial charge on any atom is 0.224 e. The summed E-state index contributed by atoms with van der Waals surface area (Å²) in [4.78, 5) is 11.8. The van der Waals surface area contributed by atoms with Gasteiger partial charge in [0.1, 0.15) is 17.2 Å². The van der Waals surface area contributed by atoms with Crippen LogP contribution in [0.4, 0.5) is 5.69 Å². The van der Waals surface area contributed by atoms with Crippen LogP contribution in [-0.4, -0.2) is 24.7 Å². The molecule has 2 N–H and O–H groups in total. The molecule has 2 aromatic rings. The van der Waals surface area contributed by atoms with Crippen LogP contribution in [0.25, 0.3) is 0 Å². The fourth-order valence-corrected chi connectivity index (χ4v) is 1.90. The van der Waals surface area contributed by atoms with Gasteiger partial charge < -0.3 is 19.9 Å². The van der Waals surface area contributed by atoms with Crippen LogP contribution in [0.2, 0.25) is 0 Å². The second kappa shape index (κ2) is 7.93. The Morgan fingerprint density at radius 3 is 2.55 bits per heavy atom. The predicted molar refractivity (Wildman–Crippen MR) is 84.5 cm³/mol. The number of rotatable bonds is 7. The maximum absolute atomic E-state index is 11.8. The number of aromatic hydroxyl groups is 1. The molecule has 1 amide bonds. The van der Waals surface area contributed by atoms with E-state index < -0.39 is 0 Å². The number of phenolic OH excluding ortho intramolecular Hbond substituents is 1.